The number of ether oxygens (including phenoxy) is 2. The summed E-state index contributed by atoms with van der Waals surface area (Å²) in [5.74, 6) is 1.78. The highest BCUT2D eigenvalue weighted by molar-refractivity contribution is 5.84. The van der Waals surface area contributed by atoms with E-state index in [9.17, 15) is 0 Å². The maximum absolute atomic E-state index is 5.55. The molecule has 2 aromatic heterocycles. The van der Waals surface area contributed by atoms with Gasteiger partial charge in [-0.3, -0.25) is 9.67 Å². The standard InChI is InChI=1S/C27H32N4O2/c1-18(2)28-9-8-26(20-12-24(32-4)14-25(13-20)33-5)19-6-7-27-21(10-19)11-22(15-29-27)23-16-30-31(3)17-23/h6-7,10-18,26,28H,8-9H2,1-5H3. The summed E-state index contributed by atoms with van der Waals surface area (Å²) in [6.45, 7) is 5.25. The van der Waals surface area contributed by atoms with Gasteiger partial charge in [-0.2, -0.15) is 5.10 Å². The number of fused-ring (bicyclic) bond motifs is 1. The van der Waals surface area contributed by atoms with Crippen LogP contribution in [0.4, 0.5) is 0 Å². The van der Waals surface area contributed by atoms with Crippen LogP contribution in [0.2, 0.25) is 0 Å². The topological polar surface area (TPSA) is 61.2 Å². The molecule has 0 amide bonds. The van der Waals surface area contributed by atoms with E-state index in [-0.39, 0.29) is 5.92 Å². The molecule has 0 saturated carbocycles. The van der Waals surface area contributed by atoms with E-state index < -0.39 is 0 Å². The molecular formula is C27H32N4O2. The van der Waals surface area contributed by atoms with Crippen LogP contribution in [0.25, 0.3) is 22.0 Å². The molecule has 172 valence electrons. The Morgan fingerprint density at radius 1 is 0.909 bits per heavy atom. The zero-order valence-corrected chi connectivity index (χ0v) is 20.0. The van der Waals surface area contributed by atoms with Crippen LogP contribution in [0.1, 0.15) is 37.3 Å². The van der Waals surface area contributed by atoms with Crippen molar-refractivity contribution in [1.82, 2.24) is 20.1 Å². The summed E-state index contributed by atoms with van der Waals surface area (Å²) in [5, 5.41) is 8.97. The van der Waals surface area contributed by atoms with E-state index in [2.05, 4.69) is 60.7 Å². The van der Waals surface area contributed by atoms with Gasteiger partial charge >= 0.3 is 0 Å². The molecular weight excluding hydrogens is 412 g/mol. The van der Waals surface area contributed by atoms with E-state index in [1.54, 1.807) is 14.2 Å². The molecule has 1 unspecified atom stereocenters. The molecule has 6 heteroatoms. The summed E-state index contributed by atoms with van der Waals surface area (Å²) in [6, 6.07) is 15.3. The van der Waals surface area contributed by atoms with E-state index in [4.69, 9.17) is 14.5 Å². The van der Waals surface area contributed by atoms with Crippen LogP contribution in [-0.4, -0.2) is 41.6 Å². The number of rotatable bonds is 9. The fourth-order valence-electron chi connectivity index (χ4n) is 4.17. The van der Waals surface area contributed by atoms with Crippen molar-refractivity contribution in [2.45, 2.75) is 32.2 Å². The monoisotopic (exact) mass is 444 g/mol. The Labute approximate surface area is 195 Å². The molecule has 1 N–H and O–H groups in total. The number of methoxy groups -OCH3 is 2. The summed E-state index contributed by atoms with van der Waals surface area (Å²) in [7, 11) is 5.30. The van der Waals surface area contributed by atoms with Gasteiger partial charge in [-0.25, -0.2) is 0 Å². The van der Waals surface area contributed by atoms with Crippen LogP contribution in [0.15, 0.2) is 61.1 Å². The fourth-order valence-corrected chi connectivity index (χ4v) is 4.17. The summed E-state index contributed by atoms with van der Waals surface area (Å²) >= 11 is 0. The van der Waals surface area contributed by atoms with E-state index >= 15 is 0 Å². The van der Waals surface area contributed by atoms with E-state index in [0.717, 1.165) is 46.5 Å². The highest BCUT2D eigenvalue weighted by atomic mass is 16.5. The van der Waals surface area contributed by atoms with Crippen LogP contribution < -0.4 is 14.8 Å². The van der Waals surface area contributed by atoms with Crippen molar-refractivity contribution in [3.05, 3.63) is 72.2 Å². The van der Waals surface area contributed by atoms with Crippen LogP contribution in [0.3, 0.4) is 0 Å². The number of aryl methyl sites for hydroxylation is 1. The largest absolute Gasteiger partial charge is 0.497 e. The van der Waals surface area contributed by atoms with Gasteiger partial charge in [-0.05, 0) is 54.4 Å². The zero-order chi connectivity index (χ0) is 23.4. The lowest BCUT2D eigenvalue weighted by Crippen LogP contribution is -2.25. The number of hydrogen-bond acceptors (Lipinski definition) is 5. The molecule has 6 nitrogen and oxygen atoms in total. The SMILES string of the molecule is COc1cc(OC)cc(C(CCNC(C)C)c2ccc3ncc(-c4cnn(C)c4)cc3c2)c1. The van der Waals surface area contributed by atoms with Crippen molar-refractivity contribution in [2.75, 3.05) is 20.8 Å². The average Bonchev–Trinajstić information content (AvgIpc) is 3.26. The van der Waals surface area contributed by atoms with Crippen molar-refractivity contribution < 1.29 is 9.47 Å². The van der Waals surface area contributed by atoms with Gasteiger partial charge in [0, 0.05) is 54.0 Å². The van der Waals surface area contributed by atoms with Crippen molar-refractivity contribution in [1.29, 1.82) is 0 Å². The van der Waals surface area contributed by atoms with Crippen LogP contribution in [0.5, 0.6) is 11.5 Å². The first-order valence-corrected chi connectivity index (χ1v) is 11.3. The normalized spacial score (nSPS) is 12.3. The lowest BCUT2D eigenvalue weighted by Gasteiger charge is -2.21. The molecule has 33 heavy (non-hydrogen) atoms. The third-order valence-corrected chi connectivity index (χ3v) is 5.91. The number of nitrogens with zero attached hydrogens (tertiary/aromatic N) is 3. The minimum Gasteiger partial charge on any atom is -0.497 e. The molecule has 2 aromatic carbocycles. The van der Waals surface area contributed by atoms with Crippen LogP contribution in [0, 0.1) is 0 Å². The zero-order valence-electron chi connectivity index (χ0n) is 20.0. The van der Waals surface area contributed by atoms with Gasteiger partial charge in [-0.1, -0.05) is 19.9 Å². The third-order valence-electron chi connectivity index (χ3n) is 5.91. The Balaban J connectivity index is 1.76. The van der Waals surface area contributed by atoms with E-state index in [1.165, 1.54) is 11.1 Å². The van der Waals surface area contributed by atoms with Gasteiger partial charge in [-0.15, -0.1) is 0 Å². The highest BCUT2D eigenvalue weighted by Crippen LogP contribution is 2.35. The Hall–Kier alpha value is -3.38. The number of pyridine rings is 1. The quantitative estimate of drug-likeness (QED) is 0.386. The lowest BCUT2D eigenvalue weighted by molar-refractivity contribution is 0.392. The van der Waals surface area contributed by atoms with Crippen molar-refractivity contribution in [2.24, 2.45) is 7.05 Å². The fraction of sp³-hybridized carbons (Fsp3) is 0.333. The maximum Gasteiger partial charge on any atom is 0.122 e. The second-order valence-corrected chi connectivity index (χ2v) is 8.67. The molecule has 0 aliphatic carbocycles. The molecule has 0 spiro atoms. The summed E-state index contributed by atoms with van der Waals surface area (Å²) in [6.07, 6.45) is 6.75. The van der Waals surface area contributed by atoms with Crippen molar-refractivity contribution >= 4 is 10.9 Å². The number of benzene rings is 2. The Bertz CT molecular complexity index is 1210. The van der Waals surface area contributed by atoms with E-state index in [1.807, 2.05) is 36.4 Å². The molecule has 4 aromatic rings. The predicted molar refractivity (Wildman–Crippen MR) is 133 cm³/mol. The third kappa shape index (κ3) is 5.34. The maximum atomic E-state index is 5.55. The van der Waals surface area contributed by atoms with Crippen LogP contribution >= 0.6 is 0 Å². The Morgan fingerprint density at radius 2 is 1.67 bits per heavy atom. The molecule has 2 heterocycles. The molecule has 4 rings (SSSR count). The first-order valence-electron chi connectivity index (χ1n) is 11.3. The second-order valence-electron chi connectivity index (χ2n) is 8.67. The summed E-state index contributed by atoms with van der Waals surface area (Å²) in [5.41, 5.74) is 5.52. The molecule has 0 aliphatic rings. The minimum atomic E-state index is 0.187. The molecule has 0 bridgehead atoms. The van der Waals surface area contributed by atoms with Gasteiger partial charge in [0.2, 0.25) is 0 Å². The minimum absolute atomic E-state index is 0.187. The van der Waals surface area contributed by atoms with Crippen LogP contribution in [-0.2, 0) is 7.05 Å². The van der Waals surface area contributed by atoms with Crippen molar-refractivity contribution in [3.63, 3.8) is 0 Å². The van der Waals surface area contributed by atoms with Gasteiger partial charge < -0.3 is 14.8 Å². The number of hydrogen-bond donors (Lipinski definition) is 1. The van der Waals surface area contributed by atoms with Gasteiger partial charge in [0.15, 0.2) is 0 Å². The first-order chi connectivity index (χ1) is 16.0. The van der Waals surface area contributed by atoms with Gasteiger partial charge in [0.05, 0.1) is 25.9 Å². The Morgan fingerprint density at radius 3 is 2.30 bits per heavy atom. The molecule has 0 radical (unpaired) electrons. The first kappa shape index (κ1) is 22.8. The highest BCUT2D eigenvalue weighted by Gasteiger charge is 2.18. The smallest absolute Gasteiger partial charge is 0.122 e. The van der Waals surface area contributed by atoms with E-state index in [0.29, 0.717) is 6.04 Å². The summed E-state index contributed by atoms with van der Waals surface area (Å²) in [4.78, 5) is 4.69. The molecule has 0 saturated heterocycles. The predicted octanol–water partition coefficient (Wildman–Crippen LogP) is 5.17. The molecule has 1 atom stereocenters. The van der Waals surface area contributed by atoms with Crippen molar-refractivity contribution in [3.8, 4) is 22.6 Å². The molecule has 0 fully saturated rings. The van der Waals surface area contributed by atoms with Gasteiger partial charge in [0.1, 0.15) is 11.5 Å². The Kier molecular flexibility index (Phi) is 6.94. The number of nitrogens with one attached hydrogen (secondary N) is 1. The lowest BCUT2D eigenvalue weighted by atomic mass is 9.87. The average molecular weight is 445 g/mol. The number of aromatic nitrogens is 3. The van der Waals surface area contributed by atoms with Gasteiger partial charge in [0.25, 0.3) is 0 Å². The summed E-state index contributed by atoms with van der Waals surface area (Å²) < 4.78 is 12.9. The second kappa shape index (κ2) is 10.0. The molecule has 0 aliphatic heterocycles.